The molecule has 0 bridgehead atoms. The van der Waals surface area contributed by atoms with E-state index in [2.05, 4.69) is 6.58 Å². The molecule has 0 aromatic heterocycles. The molecule has 0 aromatic carbocycles. The lowest BCUT2D eigenvalue weighted by atomic mass is 9.84. The van der Waals surface area contributed by atoms with Crippen molar-refractivity contribution < 1.29 is 0 Å². The van der Waals surface area contributed by atoms with Crippen LogP contribution in [0, 0.1) is 5.92 Å². The Morgan fingerprint density at radius 2 is 2.00 bits per heavy atom. The average Bonchev–Trinajstić information content (AvgIpc) is 2.19. The molecule has 1 aliphatic rings. The predicted molar refractivity (Wildman–Crippen MR) is 64.5 cm³/mol. The van der Waals surface area contributed by atoms with Crippen LogP contribution in [-0.2, 0) is 0 Å². The number of rotatable bonds is 4. The molecule has 0 heterocycles. The zero-order valence-corrected chi connectivity index (χ0v) is 9.65. The van der Waals surface area contributed by atoms with Crippen LogP contribution in [0.5, 0.6) is 0 Å². The monoisotopic (exact) mass is 209 g/mol. The van der Waals surface area contributed by atoms with Gasteiger partial charge in [0, 0.05) is 11.9 Å². The summed E-state index contributed by atoms with van der Waals surface area (Å²) in [7, 11) is 0. The highest BCUT2D eigenvalue weighted by Crippen LogP contribution is 2.28. The van der Waals surface area contributed by atoms with Crippen LogP contribution in [0.4, 0.5) is 0 Å². The number of hydrogen-bond acceptors (Lipinski definition) is 3. The van der Waals surface area contributed by atoms with Gasteiger partial charge in [0.05, 0.1) is 6.04 Å². The molecule has 3 nitrogen and oxygen atoms in total. The highest BCUT2D eigenvalue weighted by molar-refractivity contribution is 4.99. The van der Waals surface area contributed by atoms with Crippen LogP contribution in [0.3, 0.4) is 0 Å². The third-order valence-corrected chi connectivity index (χ3v) is 3.07. The molecular formula is C12H23N3. The summed E-state index contributed by atoms with van der Waals surface area (Å²) in [6, 6.07) is 0.226. The maximum atomic E-state index is 5.97. The number of hydrogen-bond donors (Lipinski definition) is 2. The number of nitrogens with zero attached hydrogens (tertiary/aromatic N) is 1. The molecule has 3 heteroatoms. The molecule has 0 amide bonds. The Hall–Kier alpha value is -0.960. The van der Waals surface area contributed by atoms with Crippen molar-refractivity contribution in [3.05, 3.63) is 24.6 Å². The van der Waals surface area contributed by atoms with Gasteiger partial charge >= 0.3 is 0 Å². The largest absolute Gasteiger partial charge is 0.401 e. The Morgan fingerprint density at radius 3 is 2.47 bits per heavy atom. The molecule has 0 spiro atoms. The van der Waals surface area contributed by atoms with Crippen LogP contribution >= 0.6 is 0 Å². The molecule has 15 heavy (non-hydrogen) atoms. The topological polar surface area (TPSA) is 55.3 Å². The Balaban J connectivity index is 2.60. The smallest absolute Gasteiger partial charge is 0.0652 e. The molecule has 0 saturated heterocycles. The van der Waals surface area contributed by atoms with Crippen LogP contribution in [0.1, 0.15) is 39.0 Å². The summed E-state index contributed by atoms with van der Waals surface area (Å²) in [4.78, 5) is 0. The highest BCUT2D eigenvalue weighted by atomic mass is 15.4. The van der Waals surface area contributed by atoms with Crippen molar-refractivity contribution in [3.63, 3.8) is 0 Å². The van der Waals surface area contributed by atoms with Crippen molar-refractivity contribution in [2.45, 2.75) is 45.1 Å². The van der Waals surface area contributed by atoms with Gasteiger partial charge < -0.3 is 10.7 Å². The second-order valence-electron chi connectivity index (χ2n) is 4.44. The third-order valence-electron chi connectivity index (χ3n) is 3.07. The van der Waals surface area contributed by atoms with E-state index in [9.17, 15) is 0 Å². The minimum atomic E-state index is 0.226. The normalized spacial score (nSPS) is 21.1. The van der Waals surface area contributed by atoms with E-state index in [1.165, 1.54) is 32.1 Å². The van der Waals surface area contributed by atoms with Gasteiger partial charge in [-0.25, -0.2) is 5.84 Å². The first-order valence-electron chi connectivity index (χ1n) is 5.74. The first-order valence-corrected chi connectivity index (χ1v) is 5.74. The molecule has 1 atom stereocenters. The van der Waals surface area contributed by atoms with Crippen molar-refractivity contribution in [3.8, 4) is 0 Å². The summed E-state index contributed by atoms with van der Waals surface area (Å²) in [5, 5.41) is 1.71. The van der Waals surface area contributed by atoms with Crippen LogP contribution in [0.15, 0.2) is 24.6 Å². The molecule has 86 valence electrons. The van der Waals surface area contributed by atoms with Gasteiger partial charge in [0.15, 0.2) is 0 Å². The third kappa shape index (κ3) is 3.59. The number of allylic oxidation sites excluding steroid dienone is 1. The summed E-state index contributed by atoms with van der Waals surface area (Å²) in [6.07, 6.45) is 10.2. The minimum absolute atomic E-state index is 0.226. The molecule has 0 aliphatic heterocycles. The van der Waals surface area contributed by atoms with Gasteiger partial charge in [-0.05, 0) is 25.7 Å². The van der Waals surface area contributed by atoms with Gasteiger partial charge in [-0.3, -0.25) is 0 Å². The average molecular weight is 209 g/mol. The Kier molecular flexibility index (Phi) is 4.69. The SMILES string of the molecule is C=CC(C1CCCCC1)N(N)/C=C(/C)N. The van der Waals surface area contributed by atoms with Gasteiger partial charge in [-0.15, -0.1) is 6.58 Å². The maximum absolute atomic E-state index is 5.97. The predicted octanol–water partition coefficient (Wildman–Crippen LogP) is 2.12. The number of hydrazine groups is 1. The number of nitrogens with two attached hydrogens (primary N) is 2. The summed E-state index contributed by atoms with van der Waals surface area (Å²) in [5.74, 6) is 6.60. The van der Waals surface area contributed by atoms with Gasteiger partial charge in [0.1, 0.15) is 0 Å². The van der Waals surface area contributed by atoms with Crippen LogP contribution in [0.25, 0.3) is 0 Å². The zero-order valence-electron chi connectivity index (χ0n) is 9.65. The van der Waals surface area contributed by atoms with Gasteiger partial charge in [0.25, 0.3) is 0 Å². The summed E-state index contributed by atoms with van der Waals surface area (Å²) >= 11 is 0. The lowest BCUT2D eigenvalue weighted by Crippen LogP contribution is -2.41. The molecule has 1 rings (SSSR count). The molecule has 1 saturated carbocycles. The lowest BCUT2D eigenvalue weighted by Gasteiger charge is -2.33. The van der Waals surface area contributed by atoms with Crippen molar-refractivity contribution >= 4 is 0 Å². The molecule has 1 fully saturated rings. The summed E-state index contributed by atoms with van der Waals surface area (Å²) in [5.41, 5.74) is 6.36. The van der Waals surface area contributed by atoms with Gasteiger partial charge in [-0.2, -0.15) is 0 Å². The second kappa shape index (κ2) is 5.81. The fourth-order valence-electron chi connectivity index (χ4n) is 2.35. The van der Waals surface area contributed by atoms with Crippen LogP contribution in [0.2, 0.25) is 0 Å². The van der Waals surface area contributed by atoms with Crippen LogP contribution in [-0.4, -0.2) is 11.1 Å². The fraction of sp³-hybridized carbons (Fsp3) is 0.667. The van der Waals surface area contributed by atoms with E-state index in [0.717, 1.165) is 5.70 Å². The lowest BCUT2D eigenvalue weighted by molar-refractivity contribution is 0.201. The van der Waals surface area contributed by atoms with Crippen molar-refractivity contribution in [2.24, 2.45) is 17.5 Å². The Labute approximate surface area is 92.8 Å². The highest BCUT2D eigenvalue weighted by Gasteiger charge is 2.23. The molecular weight excluding hydrogens is 186 g/mol. The van der Waals surface area contributed by atoms with E-state index >= 15 is 0 Å². The minimum Gasteiger partial charge on any atom is -0.401 e. The van der Waals surface area contributed by atoms with Crippen LogP contribution < -0.4 is 11.6 Å². The fourth-order valence-corrected chi connectivity index (χ4v) is 2.35. The van der Waals surface area contributed by atoms with E-state index in [-0.39, 0.29) is 6.04 Å². The van der Waals surface area contributed by atoms with Crippen molar-refractivity contribution in [1.29, 1.82) is 0 Å². The van der Waals surface area contributed by atoms with E-state index < -0.39 is 0 Å². The standard InChI is InChI=1S/C12H23N3/c1-3-12(15(14)9-10(2)13)11-7-5-4-6-8-11/h3,9,11-12H,1,4-8,13-14H2,2H3/b10-9-. The first kappa shape index (κ1) is 12.1. The van der Waals surface area contributed by atoms with Crippen molar-refractivity contribution in [1.82, 2.24) is 5.01 Å². The maximum Gasteiger partial charge on any atom is 0.0652 e. The molecule has 0 radical (unpaired) electrons. The zero-order chi connectivity index (χ0) is 11.3. The Bertz CT molecular complexity index is 225. The second-order valence-corrected chi connectivity index (χ2v) is 4.44. The molecule has 4 N–H and O–H groups in total. The summed E-state index contributed by atoms with van der Waals surface area (Å²) in [6.45, 7) is 5.72. The van der Waals surface area contributed by atoms with E-state index in [1.807, 2.05) is 13.0 Å². The Morgan fingerprint density at radius 1 is 1.40 bits per heavy atom. The van der Waals surface area contributed by atoms with E-state index in [4.69, 9.17) is 11.6 Å². The quantitative estimate of drug-likeness (QED) is 0.423. The molecule has 1 unspecified atom stereocenters. The first-order chi connectivity index (χ1) is 7.15. The van der Waals surface area contributed by atoms with Gasteiger partial charge in [0.2, 0.25) is 0 Å². The van der Waals surface area contributed by atoms with Gasteiger partial charge in [-0.1, -0.05) is 25.3 Å². The van der Waals surface area contributed by atoms with E-state index in [1.54, 1.807) is 11.2 Å². The van der Waals surface area contributed by atoms with Crippen molar-refractivity contribution in [2.75, 3.05) is 0 Å². The summed E-state index contributed by atoms with van der Waals surface area (Å²) < 4.78 is 0. The molecule has 0 aromatic rings. The van der Waals surface area contributed by atoms with E-state index in [0.29, 0.717) is 5.92 Å². The molecule has 1 aliphatic carbocycles.